The minimum absolute atomic E-state index is 0.168. The normalized spacial score (nSPS) is 9.92. The summed E-state index contributed by atoms with van der Waals surface area (Å²) in [6.45, 7) is 2.06. The number of nitrogens with zero attached hydrogens (tertiary/aromatic N) is 2. The maximum atomic E-state index is 11.1. The number of imidazole rings is 1. The topological polar surface area (TPSA) is 44.1 Å². The van der Waals surface area contributed by atoms with Gasteiger partial charge in [0.15, 0.2) is 5.69 Å². The van der Waals surface area contributed by atoms with Crippen molar-refractivity contribution in [3.05, 3.63) is 17.2 Å². The number of aryl methyl sites for hydroxylation is 1. The molecular formula is C7H9ClN2O2. The van der Waals surface area contributed by atoms with Crippen LogP contribution in [0, 0.1) is 0 Å². The first kappa shape index (κ1) is 9.06. The average molecular weight is 189 g/mol. The van der Waals surface area contributed by atoms with Gasteiger partial charge in [-0.15, -0.1) is 0 Å². The molecule has 0 fully saturated rings. The summed E-state index contributed by atoms with van der Waals surface area (Å²) >= 11 is 5.74. The van der Waals surface area contributed by atoms with Gasteiger partial charge in [0, 0.05) is 7.05 Å². The Morgan fingerprint density at radius 3 is 2.92 bits per heavy atom. The Kier molecular flexibility index (Phi) is 2.70. The van der Waals surface area contributed by atoms with Crippen molar-refractivity contribution in [3.63, 3.8) is 0 Å². The fraction of sp³-hybridized carbons (Fsp3) is 0.429. The third kappa shape index (κ3) is 1.58. The number of ether oxygens (including phenoxy) is 1. The second kappa shape index (κ2) is 3.58. The van der Waals surface area contributed by atoms with E-state index in [4.69, 9.17) is 16.3 Å². The standard InChI is InChI=1S/C7H9ClN2O2/c1-3-12-7(11)5-6(8)10(2)4-9-5/h4H,3H2,1-2H3. The summed E-state index contributed by atoms with van der Waals surface area (Å²) in [5, 5.41) is 0.299. The summed E-state index contributed by atoms with van der Waals surface area (Å²) in [6.07, 6.45) is 1.47. The average Bonchev–Trinajstić information content (AvgIpc) is 2.34. The maximum absolute atomic E-state index is 11.1. The number of esters is 1. The van der Waals surface area contributed by atoms with E-state index in [1.807, 2.05) is 0 Å². The van der Waals surface area contributed by atoms with Crippen molar-refractivity contribution < 1.29 is 9.53 Å². The lowest BCUT2D eigenvalue weighted by Crippen LogP contribution is -2.05. The van der Waals surface area contributed by atoms with Gasteiger partial charge in [-0.05, 0) is 6.92 Å². The number of rotatable bonds is 2. The number of hydrogen-bond acceptors (Lipinski definition) is 3. The van der Waals surface area contributed by atoms with E-state index in [9.17, 15) is 4.79 Å². The third-order valence-electron chi connectivity index (χ3n) is 1.33. The van der Waals surface area contributed by atoms with Crippen LogP contribution >= 0.6 is 11.6 Å². The summed E-state index contributed by atoms with van der Waals surface area (Å²) in [6, 6.07) is 0. The fourth-order valence-corrected chi connectivity index (χ4v) is 0.921. The zero-order valence-electron chi connectivity index (χ0n) is 6.87. The van der Waals surface area contributed by atoms with Crippen LogP contribution in [-0.4, -0.2) is 22.1 Å². The highest BCUT2D eigenvalue weighted by Crippen LogP contribution is 2.13. The van der Waals surface area contributed by atoms with Crippen LogP contribution in [0.25, 0.3) is 0 Å². The van der Waals surface area contributed by atoms with Crippen molar-refractivity contribution in [2.24, 2.45) is 7.05 Å². The molecule has 1 aromatic heterocycles. The number of halogens is 1. The molecule has 0 saturated carbocycles. The molecule has 0 aliphatic carbocycles. The molecular weight excluding hydrogens is 180 g/mol. The summed E-state index contributed by atoms with van der Waals surface area (Å²) in [7, 11) is 1.71. The lowest BCUT2D eigenvalue weighted by Gasteiger charge is -1.97. The summed E-state index contributed by atoms with van der Waals surface area (Å²) < 4.78 is 6.27. The van der Waals surface area contributed by atoms with Gasteiger partial charge in [-0.25, -0.2) is 9.78 Å². The van der Waals surface area contributed by atoms with Crippen LogP contribution in [0.2, 0.25) is 5.15 Å². The molecule has 0 saturated heterocycles. The molecule has 0 unspecified atom stereocenters. The molecule has 0 aliphatic rings. The van der Waals surface area contributed by atoms with Crippen LogP contribution < -0.4 is 0 Å². The third-order valence-corrected chi connectivity index (χ3v) is 1.78. The molecule has 4 nitrogen and oxygen atoms in total. The van der Waals surface area contributed by atoms with E-state index in [2.05, 4.69) is 4.98 Å². The Hall–Kier alpha value is -1.03. The fourth-order valence-electron chi connectivity index (χ4n) is 0.752. The number of carbonyl (C=O) groups is 1. The minimum Gasteiger partial charge on any atom is -0.461 e. The van der Waals surface area contributed by atoms with E-state index >= 15 is 0 Å². The Balaban J connectivity index is 2.88. The highest BCUT2D eigenvalue weighted by Gasteiger charge is 2.15. The first-order valence-electron chi connectivity index (χ1n) is 3.50. The second-order valence-electron chi connectivity index (χ2n) is 2.22. The number of aromatic nitrogens is 2. The monoisotopic (exact) mass is 188 g/mol. The maximum Gasteiger partial charge on any atom is 0.360 e. The van der Waals surface area contributed by atoms with Crippen LogP contribution in [0.5, 0.6) is 0 Å². The van der Waals surface area contributed by atoms with Crippen LogP contribution in [0.1, 0.15) is 17.4 Å². The van der Waals surface area contributed by atoms with Gasteiger partial charge in [0.1, 0.15) is 5.15 Å². The molecule has 0 amide bonds. The summed E-state index contributed by atoms with van der Waals surface area (Å²) in [4.78, 5) is 14.9. The van der Waals surface area contributed by atoms with Crippen LogP contribution in [0.15, 0.2) is 6.33 Å². The Morgan fingerprint density at radius 1 is 1.83 bits per heavy atom. The second-order valence-corrected chi connectivity index (χ2v) is 2.57. The van der Waals surface area contributed by atoms with Crippen molar-refractivity contribution in [3.8, 4) is 0 Å². The predicted octanol–water partition coefficient (Wildman–Crippen LogP) is 1.25. The van der Waals surface area contributed by atoms with E-state index in [0.717, 1.165) is 0 Å². The Bertz CT molecular complexity index is 296. The smallest absolute Gasteiger partial charge is 0.360 e. The quantitative estimate of drug-likeness (QED) is 0.657. The van der Waals surface area contributed by atoms with Gasteiger partial charge in [0.05, 0.1) is 12.9 Å². The van der Waals surface area contributed by atoms with E-state index in [0.29, 0.717) is 11.8 Å². The van der Waals surface area contributed by atoms with E-state index in [-0.39, 0.29) is 5.69 Å². The zero-order valence-corrected chi connectivity index (χ0v) is 7.63. The highest BCUT2D eigenvalue weighted by molar-refractivity contribution is 6.32. The first-order chi connectivity index (χ1) is 5.66. The lowest BCUT2D eigenvalue weighted by molar-refractivity contribution is 0.0520. The molecule has 5 heteroatoms. The molecule has 0 N–H and O–H groups in total. The molecule has 0 spiro atoms. The van der Waals surface area contributed by atoms with Crippen LogP contribution in [-0.2, 0) is 11.8 Å². The van der Waals surface area contributed by atoms with E-state index in [1.165, 1.54) is 6.33 Å². The van der Waals surface area contributed by atoms with Gasteiger partial charge in [-0.1, -0.05) is 11.6 Å². The highest BCUT2D eigenvalue weighted by atomic mass is 35.5. The molecule has 1 aromatic rings. The van der Waals surface area contributed by atoms with E-state index < -0.39 is 5.97 Å². The van der Waals surface area contributed by atoms with Crippen LogP contribution in [0.4, 0.5) is 0 Å². The van der Waals surface area contributed by atoms with Crippen molar-refractivity contribution in [1.29, 1.82) is 0 Å². The summed E-state index contributed by atoms with van der Waals surface area (Å²) in [5.74, 6) is -0.483. The molecule has 1 rings (SSSR count). The molecule has 0 radical (unpaired) electrons. The zero-order chi connectivity index (χ0) is 9.14. The first-order valence-corrected chi connectivity index (χ1v) is 3.88. The van der Waals surface area contributed by atoms with Gasteiger partial charge in [0.25, 0.3) is 0 Å². The SMILES string of the molecule is CCOC(=O)c1ncn(C)c1Cl. The minimum atomic E-state index is -0.483. The molecule has 1 heterocycles. The Labute approximate surface area is 75.1 Å². The van der Waals surface area contributed by atoms with Crippen molar-refractivity contribution in [2.45, 2.75) is 6.92 Å². The lowest BCUT2D eigenvalue weighted by atomic mass is 10.5. The van der Waals surface area contributed by atoms with Gasteiger partial charge in [-0.3, -0.25) is 0 Å². The van der Waals surface area contributed by atoms with Gasteiger partial charge < -0.3 is 9.30 Å². The molecule has 66 valence electrons. The van der Waals surface area contributed by atoms with Gasteiger partial charge in [0.2, 0.25) is 0 Å². The van der Waals surface area contributed by atoms with Gasteiger partial charge >= 0.3 is 5.97 Å². The molecule has 0 aliphatic heterocycles. The van der Waals surface area contributed by atoms with Crippen LogP contribution in [0.3, 0.4) is 0 Å². The molecule has 0 aromatic carbocycles. The van der Waals surface area contributed by atoms with Crippen molar-refractivity contribution in [2.75, 3.05) is 6.61 Å². The van der Waals surface area contributed by atoms with Gasteiger partial charge in [-0.2, -0.15) is 0 Å². The Morgan fingerprint density at radius 2 is 2.50 bits per heavy atom. The molecule has 12 heavy (non-hydrogen) atoms. The number of hydrogen-bond donors (Lipinski definition) is 0. The van der Waals surface area contributed by atoms with Crippen molar-refractivity contribution in [1.82, 2.24) is 9.55 Å². The summed E-state index contributed by atoms with van der Waals surface area (Å²) in [5.41, 5.74) is 0.168. The van der Waals surface area contributed by atoms with E-state index in [1.54, 1.807) is 18.5 Å². The molecule has 0 atom stereocenters. The molecule has 0 bridgehead atoms. The largest absolute Gasteiger partial charge is 0.461 e. The van der Waals surface area contributed by atoms with Crippen molar-refractivity contribution >= 4 is 17.6 Å². The number of carbonyl (C=O) groups excluding carboxylic acids is 1. The predicted molar refractivity (Wildman–Crippen MR) is 44.2 cm³/mol.